The van der Waals surface area contributed by atoms with Crippen LogP contribution in [-0.2, 0) is 0 Å². The zero-order valence-electron chi connectivity index (χ0n) is 12.2. The van der Waals surface area contributed by atoms with E-state index in [0.717, 1.165) is 18.8 Å². The summed E-state index contributed by atoms with van der Waals surface area (Å²) in [5, 5.41) is 12.2. The Kier molecular flexibility index (Phi) is 4.14. The highest BCUT2D eigenvalue weighted by atomic mass is 35.5. The summed E-state index contributed by atoms with van der Waals surface area (Å²) in [4.78, 5) is 2.35. The van der Waals surface area contributed by atoms with Crippen molar-refractivity contribution in [3.63, 3.8) is 0 Å². The van der Waals surface area contributed by atoms with Crippen molar-refractivity contribution in [3.8, 4) is 0 Å². The quantitative estimate of drug-likeness (QED) is 0.381. The van der Waals surface area contributed by atoms with Gasteiger partial charge in [0, 0.05) is 24.3 Å². The molecule has 1 aromatic rings. The van der Waals surface area contributed by atoms with E-state index in [1.54, 1.807) is 6.07 Å². The predicted octanol–water partition coefficient (Wildman–Crippen LogP) is 3.31. The van der Waals surface area contributed by atoms with E-state index in [1.807, 2.05) is 12.1 Å². The summed E-state index contributed by atoms with van der Waals surface area (Å²) in [7, 11) is 0. The van der Waals surface area contributed by atoms with Crippen LogP contribution in [0, 0.1) is 11.3 Å². The van der Waals surface area contributed by atoms with Crippen LogP contribution in [0.2, 0.25) is 5.02 Å². The van der Waals surface area contributed by atoms with Gasteiger partial charge in [-0.3, -0.25) is 0 Å². The van der Waals surface area contributed by atoms with E-state index >= 15 is 0 Å². The number of hydrogen-bond acceptors (Lipinski definition) is 3. The second-order valence-electron chi connectivity index (χ2n) is 6.45. The van der Waals surface area contributed by atoms with Gasteiger partial charge in [-0.15, -0.1) is 0 Å². The number of nitrogens with zero attached hydrogens (tertiary/aromatic N) is 2. The third kappa shape index (κ3) is 3.01. The minimum atomic E-state index is 0.0375. The molecule has 0 saturated carbocycles. The molecule has 5 heteroatoms. The molecule has 0 aliphatic carbocycles. The molecule has 1 fully saturated rings. The van der Waals surface area contributed by atoms with Crippen molar-refractivity contribution in [2.24, 2.45) is 22.2 Å². The van der Waals surface area contributed by atoms with Crippen LogP contribution in [0.15, 0.2) is 23.4 Å². The Bertz CT molecular complexity index is 522. The number of amidine groups is 1. The zero-order chi connectivity index (χ0) is 14.9. The number of nitrogens with two attached hydrogens (primary N) is 1. The van der Waals surface area contributed by atoms with Gasteiger partial charge in [0.2, 0.25) is 0 Å². The second kappa shape index (κ2) is 5.52. The van der Waals surface area contributed by atoms with Crippen LogP contribution in [0.25, 0.3) is 0 Å². The van der Waals surface area contributed by atoms with Gasteiger partial charge in [-0.1, -0.05) is 37.5 Å². The molecule has 0 bridgehead atoms. The maximum Gasteiger partial charge on any atom is 0.171 e. The predicted molar refractivity (Wildman–Crippen MR) is 83.7 cm³/mol. The Balaban J connectivity index is 2.18. The van der Waals surface area contributed by atoms with Gasteiger partial charge in [0.1, 0.15) is 0 Å². The molecule has 0 spiro atoms. The molecule has 0 aromatic heterocycles. The van der Waals surface area contributed by atoms with Crippen molar-refractivity contribution in [1.29, 1.82) is 0 Å². The first-order chi connectivity index (χ1) is 9.32. The summed E-state index contributed by atoms with van der Waals surface area (Å²) in [5.41, 5.74) is 7.56. The summed E-state index contributed by atoms with van der Waals surface area (Å²) >= 11 is 6.21. The van der Waals surface area contributed by atoms with Crippen LogP contribution in [0.1, 0.15) is 32.8 Å². The minimum Gasteiger partial charge on any atom is -0.409 e. The summed E-state index contributed by atoms with van der Waals surface area (Å²) < 4.78 is 0. The molecule has 1 aliphatic heterocycles. The van der Waals surface area contributed by atoms with Crippen LogP contribution in [0.4, 0.5) is 5.69 Å². The van der Waals surface area contributed by atoms with Gasteiger partial charge in [0.25, 0.3) is 0 Å². The molecule has 1 aromatic carbocycles. The van der Waals surface area contributed by atoms with Crippen molar-refractivity contribution in [2.75, 3.05) is 18.0 Å². The highest BCUT2D eigenvalue weighted by molar-refractivity contribution is 6.34. The van der Waals surface area contributed by atoms with E-state index in [4.69, 9.17) is 22.5 Å². The molecule has 2 rings (SSSR count). The number of halogens is 1. The van der Waals surface area contributed by atoms with Crippen LogP contribution in [0.3, 0.4) is 0 Å². The molecular formula is C15H22ClN3O. The number of rotatable bonds is 2. The Labute approximate surface area is 125 Å². The molecule has 1 heterocycles. The summed E-state index contributed by atoms with van der Waals surface area (Å²) in [6.45, 7) is 8.95. The number of oxime groups is 1. The van der Waals surface area contributed by atoms with Crippen LogP contribution in [-0.4, -0.2) is 24.1 Å². The highest BCUT2D eigenvalue weighted by Crippen LogP contribution is 2.36. The normalized spacial score (nSPS) is 20.5. The Morgan fingerprint density at radius 3 is 2.65 bits per heavy atom. The van der Waals surface area contributed by atoms with Gasteiger partial charge < -0.3 is 15.8 Å². The average molecular weight is 296 g/mol. The third-order valence-electron chi connectivity index (χ3n) is 4.11. The lowest BCUT2D eigenvalue weighted by molar-refractivity contribution is 0.263. The van der Waals surface area contributed by atoms with Crippen molar-refractivity contribution >= 4 is 23.1 Å². The molecule has 3 N–H and O–H groups in total. The molecule has 1 aliphatic rings. The highest BCUT2D eigenvalue weighted by Gasteiger charge is 2.31. The topological polar surface area (TPSA) is 61.8 Å². The van der Waals surface area contributed by atoms with Gasteiger partial charge in [-0.2, -0.15) is 0 Å². The van der Waals surface area contributed by atoms with Gasteiger partial charge in [-0.25, -0.2) is 0 Å². The molecule has 0 amide bonds. The monoisotopic (exact) mass is 295 g/mol. The molecule has 1 unspecified atom stereocenters. The molecule has 110 valence electrons. The van der Waals surface area contributed by atoms with Gasteiger partial charge in [0.05, 0.1) is 5.02 Å². The standard InChI is InChI=1S/C15H22ClN3O/c1-15(2,3)10-6-7-19(9-10)11-4-5-12(13(16)8-11)14(17)18-20/h4-5,8,10,20H,6-7,9H2,1-3H3,(H2,17,18). The van der Waals surface area contributed by atoms with Crippen LogP contribution < -0.4 is 10.6 Å². The summed E-state index contributed by atoms with van der Waals surface area (Å²) in [5.74, 6) is 0.723. The van der Waals surface area contributed by atoms with E-state index in [1.165, 1.54) is 6.42 Å². The second-order valence-corrected chi connectivity index (χ2v) is 6.85. The van der Waals surface area contributed by atoms with Crippen molar-refractivity contribution in [3.05, 3.63) is 28.8 Å². The Morgan fingerprint density at radius 1 is 1.45 bits per heavy atom. The fraction of sp³-hybridized carbons (Fsp3) is 0.533. The first kappa shape index (κ1) is 15.0. The first-order valence-electron chi connectivity index (χ1n) is 6.85. The van der Waals surface area contributed by atoms with Gasteiger partial charge >= 0.3 is 0 Å². The van der Waals surface area contributed by atoms with Crippen LogP contribution >= 0.6 is 11.6 Å². The first-order valence-corrected chi connectivity index (χ1v) is 7.23. The zero-order valence-corrected chi connectivity index (χ0v) is 13.0. The van der Waals surface area contributed by atoms with E-state index in [9.17, 15) is 0 Å². The minimum absolute atomic E-state index is 0.0375. The van der Waals surface area contributed by atoms with Crippen molar-refractivity contribution < 1.29 is 5.21 Å². The maximum absolute atomic E-state index is 8.71. The molecule has 0 radical (unpaired) electrons. The number of benzene rings is 1. The van der Waals surface area contributed by atoms with E-state index in [2.05, 4.69) is 30.8 Å². The largest absolute Gasteiger partial charge is 0.409 e. The lowest BCUT2D eigenvalue weighted by Crippen LogP contribution is -2.25. The fourth-order valence-electron chi connectivity index (χ4n) is 2.66. The van der Waals surface area contributed by atoms with E-state index in [-0.39, 0.29) is 5.84 Å². The van der Waals surface area contributed by atoms with E-state index < -0.39 is 0 Å². The third-order valence-corrected chi connectivity index (χ3v) is 4.43. The number of anilines is 1. The lowest BCUT2D eigenvalue weighted by atomic mass is 9.80. The Hall–Kier alpha value is -1.42. The molecule has 4 nitrogen and oxygen atoms in total. The maximum atomic E-state index is 8.71. The van der Waals surface area contributed by atoms with E-state index in [0.29, 0.717) is 21.9 Å². The number of hydrogen-bond donors (Lipinski definition) is 2. The average Bonchev–Trinajstić information content (AvgIpc) is 2.87. The SMILES string of the molecule is CC(C)(C)C1CCN(c2ccc(/C(N)=N/O)c(Cl)c2)C1. The van der Waals surface area contributed by atoms with Crippen molar-refractivity contribution in [2.45, 2.75) is 27.2 Å². The van der Waals surface area contributed by atoms with Crippen LogP contribution in [0.5, 0.6) is 0 Å². The molecule has 1 atom stereocenters. The van der Waals surface area contributed by atoms with Gasteiger partial charge in [-0.05, 0) is 36.0 Å². The summed E-state index contributed by atoms with van der Waals surface area (Å²) in [6.07, 6.45) is 1.20. The summed E-state index contributed by atoms with van der Waals surface area (Å²) in [6, 6.07) is 5.67. The lowest BCUT2D eigenvalue weighted by Gasteiger charge is -2.27. The molecule has 20 heavy (non-hydrogen) atoms. The Morgan fingerprint density at radius 2 is 2.15 bits per heavy atom. The fourth-order valence-corrected chi connectivity index (χ4v) is 2.94. The smallest absolute Gasteiger partial charge is 0.171 e. The molecular weight excluding hydrogens is 274 g/mol. The molecule has 1 saturated heterocycles. The van der Waals surface area contributed by atoms with Crippen molar-refractivity contribution in [1.82, 2.24) is 0 Å². The van der Waals surface area contributed by atoms with Gasteiger partial charge in [0.15, 0.2) is 5.84 Å².